The summed E-state index contributed by atoms with van der Waals surface area (Å²) in [6.07, 6.45) is 8.01. The molecule has 2 aromatic heterocycles. The highest BCUT2D eigenvalue weighted by Crippen LogP contribution is 2.34. The molecule has 6 rings (SSSR count). The van der Waals surface area contributed by atoms with E-state index < -0.39 is 0 Å². The van der Waals surface area contributed by atoms with Crippen molar-refractivity contribution in [3.8, 4) is 23.1 Å². The highest BCUT2D eigenvalue weighted by atomic mass is 16.6. The average molecular weight is 843 g/mol. The maximum atomic E-state index is 13.1. The molecule has 61 heavy (non-hydrogen) atoms. The van der Waals surface area contributed by atoms with E-state index in [1.807, 2.05) is 66.9 Å². The van der Waals surface area contributed by atoms with E-state index in [1.165, 1.54) is 18.5 Å². The van der Waals surface area contributed by atoms with Crippen molar-refractivity contribution in [2.24, 2.45) is 5.73 Å². The van der Waals surface area contributed by atoms with Gasteiger partial charge in [0, 0.05) is 89.7 Å². The number of piperazine rings is 1. The molecule has 0 atom stereocenters. The lowest BCUT2D eigenvalue weighted by Crippen LogP contribution is -2.50. The second-order valence-corrected chi connectivity index (χ2v) is 14.5. The zero-order chi connectivity index (χ0) is 42.5. The van der Waals surface area contributed by atoms with E-state index in [0.717, 1.165) is 29.6 Å². The Morgan fingerprint density at radius 3 is 1.89 bits per heavy atom. The van der Waals surface area contributed by atoms with Gasteiger partial charge in [-0.15, -0.1) is 0 Å². The Morgan fingerprint density at radius 2 is 1.25 bits per heavy atom. The van der Waals surface area contributed by atoms with Crippen LogP contribution in [0.3, 0.4) is 0 Å². The number of fused-ring (bicyclic) bond motifs is 1. The number of nitrogens with zero attached hydrogens (tertiary/aromatic N) is 6. The average Bonchev–Trinajstić information content (AvgIpc) is 3.74. The number of benzene rings is 2. The van der Waals surface area contributed by atoms with Crippen molar-refractivity contribution in [2.75, 3.05) is 112 Å². The summed E-state index contributed by atoms with van der Waals surface area (Å²) in [5.74, 6) is 2.10. The van der Waals surface area contributed by atoms with Crippen LogP contribution < -0.4 is 20.5 Å². The molecular formula is C44H58N8O9. The number of ether oxygens (including phenoxy) is 6. The predicted molar refractivity (Wildman–Crippen MR) is 228 cm³/mol. The van der Waals surface area contributed by atoms with Gasteiger partial charge in [0.2, 0.25) is 23.6 Å². The molecule has 4 aromatic rings. The fourth-order valence-corrected chi connectivity index (χ4v) is 7.02. The normalized spacial score (nSPS) is 15.1. The first-order chi connectivity index (χ1) is 30.0. The number of hydrogen-bond donors (Lipinski definition) is 2. The van der Waals surface area contributed by atoms with Gasteiger partial charge in [-0.05, 0) is 55.3 Å². The van der Waals surface area contributed by atoms with Gasteiger partial charge >= 0.3 is 0 Å². The van der Waals surface area contributed by atoms with Crippen LogP contribution in [-0.4, -0.2) is 159 Å². The third kappa shape index (κ3) is 14.6. The number of carbonyl (C=O) groups excluding carboxylic acids is 3. The number of piperidine rings is 1. The smallest absolute Gasteiger partial charge is 0.247 e. The molecular weight excluding hydrogens is 785 g/mol. The first kappa shape index (κ1) is 45.1. The van der Waals surface area contributed by atoms with Crippen LogP contribution in [0, 0.1) is 0 Å². The van der Waals surface area contributed by atoms with Crippen molar-refractivity contribution < 1.29 is 42.8 Å². The standard InChI is InChI=1S/C44H58N8O9/c45-16-27-57-29-31-59-33-32-58-30-28-56-26-15-40(53)46-17-21-49-22-24-51(25-23-49)42(55)11-10-41(54)50-18-12-35(13-19-50)52-20-14-39-43(52)44(48-34-47-39)61-38-8-6-37(7-9-38)60-36-4-2-1-3-5-36/h1-11,14,20,34-35H,12-13,15-19,21-33,45H2,(H,46,53)/b11-10+. The van der Waals surface area contributed by atoms with Crippen LogP contribution in [0.2, 0.25) is 0 Å². The fourth-order valence-electron chi connectivity index (χ4n) is 7.02. The number of nitrogens with two attached hydrogens (primary N) is 1. The van der Waals surface area contributed by atoms with Crippen LogP contribution in [0.1, 0.15) is 25.3 Å². The van der Waals surface area contributed by atoms with Gasteiger partial charge in [-0.1, -0.05) is 18.2 Å². The second kappa shape index (κ2) is 24.7. The van der Waals surface area contributed by atoms with Crippen molar-refractivity contribution in [1.82, 2.24) is 34.6 Å². The molecule has 4 heterocycles. The zero-order valence-electron chi connectivity index (χ0n) is 34.7. The number of para-hydroxylation sites is 1. The lowest BCUT2D eigenvalue weighted by molar-refractivity contribution is -0.129. The Labute approximate surface area is 356 Å². The molecule has 0 radical (unpaired) electrons. The van der Waals surface area contributed by atoms with Crippen LogP contribution >= 0.6 is 0 Å². The van der Waals surface area contributed by atoms with Gasteiger partial charge in [0.15, 0.2) is 0 Å². The summed E-state index contributed by atoms with van der Waals surface area (Å²) in [5.41, 5.74) is 6.93. The first-order valence-electron chi connectivity index (χ1n) is 21.0. The molecule has 3 amide bonds. The minimum atomic E-state index is -0.177. The number of hydrogen-bond acceptors (Lipinski definition) is 13. The van der Waals surface area contributed by atoms with Crippen LogP contribution in [-0.2, 0) is 33.3 Å². The lowest BCUT2D eigenvalue weighted by Gasteiger charge is -2.34. The molecule has 17 nitrogen and oxygen atoms in total. The van der Waals surface area contributed by atoms with Crippen molar-refractivity contribution in [2.45, 2.75) is 25.3 Å². The molecule has 0 aliphatic carbocycles. The van der Waals surface area contributed by atoms with Crippen LogP contribution in [0.15, 0.2) is 85.3 Å². The maximum Gasteiger partial charge on any atom is 0.247 e. The molecule has 2 fully saturated rings. The Kier molecular flexibility index (Phi) is 18.3. The van der Waals surface area contributed by atoms with Crippen LogP contribution in [0.5, 0.6) is 23.1 Å². The highest BCUT2D eigenvalue weighted by Gasteiger charge is 2.26. The predicted octanol–water partition coefficient (Wildman–Crippen LogP) is 3.41. The summed E-state index contributed by atoms with van der Waals surface area (Å²) in [7, 11) is 0. The quantitative estimate of drug-likeness (QED) is 0.0774. The largest absolute Gasteiger partial charge is 0.457 e. The maximum absolute atomic E-state index is 13.1. The van der Waals surface area contributed by atoms with Crippen molar-refractivity contribution in [3.63, 3.8) is 0 Å². The molecule has 2 aliphatic rings. The molecule has 3 N–H and O–H groups in total. The van der Waals surface area contributed by atoms with E-state index in [0.29, 0.717) is 129 Å². The topological polar surface area (TPSA) is 185 Å². The number of rotatable bonds is 24. The van der Waals surface area contributed by atoms with E-state index in [1.54, 1.807) is 9.80 Å². The number of aromatic nitrogens is 3. The van der Waals surface area contributed by atoms with Crippen LogP contribution in [0.25, 0.3) is 11.0 Å². The Bertz CT molecular complexity index is 1960. The Hall–Kier alpha value is -5.43. The monoisotopic (exact) mass is 842 g/mol. The molecule has 2 aliphatic heterocycles. The summed E-state index contributed by atoms with van der Waals surface area (Å²) in [6.45, 7) is 8.94. The summed E-state index contributed by atoms with van der Waals surface area (Å²) >= 11 is 0. The number of nitrogens with one attached hydrogen (secondary N) is 1. The molecule has 2 aromatic carbocycles. The third-order valence-electron chi connectivity index (χ3n) is 10.3. The van der Waals surface area contributed by atoms with E-state index in [4.69, 9.17) is 34.2 Å². The van der Waals surface area contributed by atoms with E-state index >= 15 is 0 Å². The summed E-state index contributed by atoms with van der Waals surface area (Å²) in [6, 6.07) is 19.0. The summed E-state index contributed by atoms with van der Waals surface area (Å²) < 4.78 is 35.9. The van der Waals surface area contributed by atoms with Crippen molar-refractivity contribution in [3.05, 3.63) is 85.3 Å². The van der Waals surface area contributed by atoms with Gasteiger partial charge in [0.25, 0.3) is 0 Å². The lowest BCUT2D eigenvalue weighted by atomic mass is 10.0. The van der Waals surface area contributed by atoms with Gasteiger partial charge in [-0.25, -0.2) is 4.98 Å². The van der Waals surface area contributed by atoms with Crippen molar-refractivity contribution >= 4 is 28.8 Å². The molecule has 17 heteroatoms. The number of carbonyl (C=O) groups is 3. The third-order valence-corrected chi connectivity index (χ3v) is 10.3. The van der Waals surface area contributed by atoms with Crippen molar-refractivity contribution in [1.29, 1.82) is 0 Å². The molecule has 0 saturated carbocycles. The van der Waals surface area contributed by atoms with E-state index in [9.17, 15) is 14.4 Å². The molecule has 0 unspecified atom stereocenters. The SMILES string of the molecule is NCCOCCOCCOCCOCCC(=O)NCCN1CCN(C(=O)/C=C/C(=O)N2CCC(n3ccc4ncnc(Oc5ccc(Oc6ccccc6)cc5)c43)CC2)CC1. The molecule has 0 spiro atoms. The zero-order valence-corrected chi connectivity index (χ0v) is 34.7. The van der Waals surface area contributed by atoms with E-state index in [-0.39, 0.29) is 30.2 Å². The first-order valence-corrected chi connectivity index (χ1v) is 21.0. The van der Waals surface area contributed by atoms with Gasteiger partial charge in [0.05, 0.1) is 58.4 Å². The fraction of sp³-hybridized carbons (Fsp3) is 0.477. The van der Waals surface area contributed by atoms with Gasteiger partial charge in [-0.2, -0.15) is 4.98 Å². The van der Waals surface area contributed by atoms with Crippen LogP contribution in [0.4, 0.5) is 0 Å². The summed E-state index contributed by atoms with van der Waals surface area (Å²) in [5, 5.41) is 2.93. The Morgan fingerprint density at radius 1 is 0.672 bits per heavy atom. The van der Waals surface area contributed by atoms with E-state index in [2.05, 4.69) is 24.8 Å². The van der Waals surface area contributed by atoms with Gasteiger partial charge < -0.3 is 53.8 Å². The Balaban J connectivity index is 0.834. The highest BCUT2D eigenvalue weighted by molar-refractivity contribution is 5.96. The minimum absolute atomic E-state index is 0.0699. The minimum Gasteiger partial charge on any atom is -0.457 e. The molecule has 328 valence electrons. The second-order valence-electron chi connectivity index (χ2n) is 14.5. The van der Waals surface area contributed by atoms with Gasteiger partial charge in [-0.3, -0.25) is 19.3 Å². The number of likely N-dealkylation sites (tertiary alicyclic amines) is 1. The number of amides is 3. The molecule has 2 saturated heterocycles. The summed E-state index contributed by atoms with van der Waals surface area (Å²) in [4.78, 5) is 53.0. The molecule has 0 bridgehead atoms. The van der Waals surface area contributed by atoms with Gasteiger partial charge in [0.1, 0.15) is 29.1 Å².